The van der Waals surface area contributed by atoms with Crippen molar-refractivity contribution >= 4 is 23.2 Å². The van der Waals surface area contributed by atoms with Gasteiger partial charge in [-0.05, 0) is 54.4 Å². The molecular formula is C17H15ClF3NO3. The maximum absolute atomic E-state index is 12.1. The monoisotopic (exact) mass is 373 g/mol. The number of hydrogen-bond donors (Lipinski definition) is 1. The van der Waals surface area contributed by atoms with Gasteiger partial charge in [0, 0.05) is 10.7 Å². The van der Waals surface area contributed by atoms with Gasteiger partial charge in [-0.15, -0.1) is 13.2 Å². The summed E-state index contributed by atoms with van der Waals surface area (Å²) in [7, 11) is 0. The number of alkyl halides is 3. The fourth-order valence-electron chi connectivity index (χ4n) is 2.00. The van der Waals surface area contributed by atoms with Crippen molar-refractivity contribution < 1.29 is 27.4 Å². The average molecular weight is 374 g/mol. The molecule has 0 saturated carbocycles. The lowest BCUT2D eigenvalue weighted by Gasteiger charge is -2.11. The Morgan fingerprint density at radius 2 is 1.76 bits per heavy atom. The van der Waals surface area contributed by atoms with Crippen LogP contribution in [0.4, 0.5) is 18.9 Å². The number of aryl methyl sites for hydroxylation is 1. The number of hydrogen-bond acceptors (Lipinski definition) is 3. The highest BCUT2D eigenvalue weighted by atomic mass is 35.5. The molecule has 0 bridgehead atoms. The second kappa shape index (κ2) is 8.11. The van der Waals surface area contributed by atoms with Crippen LogP contribution in [0.2, 0.25) is 5.02 Å². The number of carbonyl (C=O) groups is 1. The molecule has 0 radical (unpaired) electrons. The van der Waals surface area contributed by atoms with Crippen LogP contribution in [0.15, 0.2) is 42.5 Å². The molecule has 2 rings (SSSR count). The van der Waals surface area contributed by atoms with E-state index in [2.05, 4.69) is 10.1 Å². The molecule has 4 nitrogen and oxygen atoms in total. The van der Waals surface area contributed by atoms with Crippen LogP contribution in [-0.4, -0.2) is 18.9 Å². The number of carbonyl (C=O) groups excluding carboxylic acids is 1. The average Bonchev–Trinajstić information content (AvgIpc) is 2.54. The van der Waals surface area contributed by atoms with E-state index < -0.39 is 12.3 Å². The van der Waals surface area contributed by atoms with Crippen molar-refractivity contribution in [1.82, 2.24) is 0 Å². The molecule has 8 heteroatoms. The zero-order valence-corrected chi connectivity index (χ0v) is 13.9. The maximum atomic E-state index is 12.1. The lowest BCUT2D eigenvalue weighted by atomic mass is 10.1. The number of benzene rings is 2. The summed E-state index contributed by atoms with van der Waals surface area (Å²) in [4.78, 5) is 11.8. The predicted molar refractivity (Wildman–Crippen MR) is 88.1 cm³/mol. The molecule has 2 aromatic rings. The Bertz CT molecular complexity index is 733. The van der Waals surface area contributed by atoms with Crippen LogP contribution in [0, 0.1) is 0 Å². The molecule has 0 aliphatic carbocycles. The second-order valence-corrected chi connectivity index (χ2v) is 5.42. The third kappa shape index (κ3) is 6.19. The largest absolute Gasteiger partial charge is 0.573 e. The smallest absolute Gasteiger partial charge is 0.484 e. The summed E-state index contributed by atoms with van der Waals surface area (Å²) >= 11 is 6.00. The molecule has 0 heterocycles. The number of nitrogens with one attached hydrogen (secondary N) is 1. The minimum Gasteiger partial charge on any atom is -0.484 e. The standard InChI is InChI=1S/C17H15ClF3NO3/c1-2-11-9-14(7-8-15(11)18)24-10-16(23)22-12-3-5-13(6-4-12)25-17(19,20)21/h3-9H,2,10H2,1H3,(H,22,23). The quantitative estimate of drug-likeness (QED) is 0.789. The van der Waals surface area contributed by atoms with Crippen molar-refractivity contribution in [1.29, 1.82) is 0 Å². The summed E-state index contributed by atoms with van der Waals surface area (Å²) in [5.41, 5.74) is 1.23. The van der Waals surface area contributed by atoms with E-state index in [1.54, 1.807) is 18.2 Å². The van der Waals surface area contributed by atoms with Crippen LogP contribution in [0.5, 0.6) is 11.5 Å². The molecule has 0 aliphatic rings. The van der Waals surface area contributed by atoms with Crippen molar-refractivity contribution in [2.75, 3.05) is 11.9 Å². The van der Waals surface area contributed by atoms with Gasteiger partial charge in [0.05, 0.1) is 0 Å². The van der Waals surface area contributed by atoms with E-state index in [4.69, 9.17) is 16.3 Å². The molecule has 0 aliphatic heterocycles. The van der Waals surface area contributed by atoms with Gasteiger partial charge < -0.3 is 14.8 Å². The van der Waals surface area contributed by atoms with Gasteiger partial charge in [-0.2, -0.15) is 0 Å². The van der Waals surface area contributed by atoms with E-state index in [0.29, 0.717) is 16.5 Å². The van der Waals surface area contributed by atoms with Gasteiger partial charge in [0.1, 0.15) is 11.5 Å². The second-order valence-electron chi connectivity index (χ2n) is 5.02. The number of ether oxygens (including phenoxy) is 2. The highest BCUT2D eigenvalue weighted by Crippen LogP contribution is 2.24. The molecule has 25 heavy (non-hydrogen) atoms. The van der Waals surface area contributed by atoms with Gasteiger partial charge in [-0.3, -0.25) is 4.79 Å². The van der Waals surface area contributed by atoms with Crippen molar-refractivity contribution in [3.05, 3.63) is 53.1 Å². The Labute approximate surface area is 147 Å². The van der Waals surface area contributed by atoms with E-state index in [1.165, 1.54) is 12.1 Å². The highest BCUT2D eigenvalue weighted by molar-refractivity contribution is 6.31. The van der Waals surface area contributed by atoms with Crippen LogP contribution in [0.1, 0.15) is 12.5 Å². The van der Waals surface area contributed by atoms with E-state index in [0.717, 1.165) is 24.1 Å². The van der Waals surface area contributed by atoms with Crippen molar-refractivity contribution in [2.24, 2.45) is 0 Å². The normalized spacial score (nSPS) is 11.1. The van der Waals surface area contributed by atoms with E-state index >= 15 is 0 Å². The third-order valence-electron chi connectivity index (χ3n) is 3.14. The first-order valence-corrected chi connectivity index (χ1v) is 7.71. The number of halogens is 4. The zero-order valence-electron chi connectivity index (χ0n) is 13.2. The first-order valence-electron chi connectivity index (χ1n) is 7.33. The van der Waals surface area contributed by atoms with Crippen molar-refractivity contribution in [3.63, 3.8) is 0 Å². The highest BCUT2D eigenvalue weighted by Gasteiger charge is 2.30. The van der Waals surface area contributed by atoms with Crippen molar-refractivity contribution in [3.8, 4) is 11.5 Å². The van der Waals surface area contributed by atoms with Gasteiger partial charge >= 0.3 is 6.36 Å². The van der Waals surface area contributed by atoms with Crippen LogP contribution in [-0.2, 0) is 11.2 Å². The summed E-state index contributed by atoms with van der Waals surface area (Å²) in [5, 5.41) is 3.14. The number of rotatable bonds is 6. The van der Waals surface area contributed by atoms with E-state index in [-0.39, 0.29) is 12.4 Å². The Kier molecular flexibility index (Phi) is 6.14. The molecule has 1 amide bonds. The van der Waals surface area contributed by atoms with Crippen LogP contribution in [0.25, 0.3) is 0 Å². The van der Waals surface area contributed by atoms with Gasteiger partial charge in [0.2, 0.25) is 0 Å². The van der Waals surface area contributed by atoms with E-state index in [9.17, 15) is 18.0 Å². The third-order valence-corrected chi connectivity index (χ3v) is 3.51. The minimum absolute atomic E-state index is 0.244. The summed E-state index contributed by atoms with van der Waals surface area (Å²) < 4.78 is 45.4. The van der Waals surface area contributed by atoms with Crippen LogP contribution in [0.3, 0.4) is 0 Å². The Morgan fingerprint density at radius 3 is 2.36 bits per heavy atom. The molecule has 0 saturated heterocycles. The fourth-order valence-corrected chi connectivity index (χ4v) is 2.25. The van der Waals surface area contributed by atoms with Crippen LogP contribution >= 0.6 is 11.6 Å². The van der Waals surface area contributed by atoms with Crippen molar-refractivity contribution in [2.45, 2.75) is 19.7 Å². The topological polar surface area (TPSA) is 47.6 Å². The number of anilines is 1. The molecule has 2 aromatic carbocycles. The van der Waals surface area contributed by atoms with Crippen LogP contribution < -0.4 is 14.8 Å². The lowest BCUT2D eigenvalue weighted by molar-refractivity contribution is -0.274. The molecule has 0 fully saturated rings. The van der Waals surface area contributed by atoms with Gasteiger partial charge in [-0.1, -0.05) is 18.5 Å². The van der Waals surface area contributed by atoms with Gasteiger partial charge in [0.25, 0.3) is 5.91 Å². The number of amides is 1. The first kappa shape index (κ1) is 18.9. The first-order chi connectivity index (χ1) is 11.8. The molecule has 1 N–H and O–H groups in total. The Balaban J connectivity index is 1.88. The summed E-state index contributed by atoms with van der Waals surface area (Å²) in [6, 6.07) is 9.91. The minimum atomic E-state index is -4.76. The summed E-state index contributed by atoms with van der Waals surface area (Å²) in [6.07, 6.45) is -4.02. The van der Waals surface area contributed by atoms with E-state index in [1.807, 2.05) is 6.92 Å². The lowest BCUT2D eigenvalue weighted by Crippen LogP contribution is -2.20. The maximum Gasteiger partial charge on any atom is 0.573 e. The summed E-state index contributed by atoms with van der Waals surface area (Å²) in [5.74, 6) is -0.308. The van der Waals surface area contributed by atoms with Gasteiger partial charge in [0.15, 0.2) is 6.61 Å². The molecule has 0 spiro atoms. The fraction of sp³-hybridized carbons (Fsp3) is 0.235. The summed E-state index contributed by atoms with van der Waals surface area (Å²) in [6.45, 7) is 1.70. The molecule has 134 valence electrons. The molecule has 0 unspecified atom stereocenters. The molecule has 0 atom stereocenters. The predicted octanol–water partition coefficient (Wildman–Crippen LogP) is 4.82. The zero-order chi connectivity index (χ0) is 18.4. The SMILES string of the molecule is CCc1cc(OCC(=O)Nc2ccc(OC(F)(F)F)cc2)ccc1Cl. The Hall–Kier alpha value is -2.41. The van der Waals surface area contributed by atoms with Gasteiger partial charge in [-0.25, -0.2) is 0 Å². The molecular weight excluding hydrogens is 359 g/mol. The molecule has 0 aromatic heterocycles. The Morgan fingerprint density at radius 1 is 1.12 bits per heavy atom.